The highest BCUT2D eigenvalue weighted by atomic mass is 16.1. The molecule has 76 valence electrons. The summed E-state index contributed by atoms with van der Waals surface area (Å²) >= 11 is 0. The van der Waals surface area contributed by atoms with Crippen LogP contribution in [0, 0.1) is 6.92 Å². The maximum absolute atomic E-state index is 12.1. The molecular formula is C13H13NO. The lowest BCUT2D eigenvalue weighted by atomic mass is 10.0. The second-order valence-corrected chi connectivity index (χ2v) is 3.65. The van der Waals surface area contributed by atoms with Gasteiger partial charge in [0.1, 0.15) is 0 Å². The number of nitrogens with zero attached hydrogens (tertiary/aromatic N) is 1. The number of aromatic nitrogens is 1. The van der Waals surface area contributed by atoms with Gasteiger partial charge in [0.25, 0.3) is 0 Å². The summed E-state index contributed by atoms with van der Waals surface area (Å²) in [5.74, 6) is 0.0839. The van der Waals surface area contributed by atoms with Crippen LogP contribution in [-0.2, 0) is 7.05 Å². The van der Waals surface area contributed by atoms with Crippen LogP contribution >= 0.6 is 0 Å². The molecule has 1 aromatic carbocycles. The van der Waals surface area contributed by atoms with Gasteiger partial charge in [0.2, 0.25) is 5.78 Å². The first-order chi connectivity index (χ1) is 7.20. The molecule has 0 saturated heterocycles. The summed E-state index contributed by atoms with van der Waals surface area (Å²) in [6.45, 7) is 1.95. The van der Waals surface area contributed by atoms with Gasteiger partial charge in [-0.15, -0.1) is 0 Å². The number of carbonyl (C=O) groups is 1. The molecule has 0 unspecified atom stereocenters. The van der Waals surface area contributed by atoms with Crippen molar-refractivity contribution in [2.75, 3.05) is 0 Å². The van der Waals surface area contributed by atoms with Gasteiger partial charge in [-0.2, -0.15) is 0 Å². The van der Waals surface area contributed by atoms with Crippen LogP contribution in [0.5, 0.6) is 0 Å². The molecule has 0 aliphatic carbocycles. The largest absolute Gasteiger partial charge is 0.348 e. The summed E-state index contributed by atoms with van der Waals surface area (Å²) < 4.78 is 1.84. The van der Waals surface area contributed by atoms with Crippen molar-refractivity contribution in [2.24, 2.45) is 7.05 Å². The van der Waals surface area contributed by atoms with E-state index in [0.717, 1.165) is 16.8 Å². The molecule has 2 heteroatoms. The standard InChI is InChI=1S/C13H13NO/c1-10-6-3-4-7-11(10)13(15)12-8-5-9-14(12)2/h3-9H,1-2H3. The van der Waals surface area contributed by atoms with Gasteiger partial charge >= 0.3 is 0 Å². The minimum Gasteiger partial charge on any atom is -0.348 e. The average molecular weight is 199 g/mol. The summed E-state index contributed by atoms with van der Waals surface area (Å²) in [6, 6.07) is 11.4. The second-order valence-electron chi connectivity index (χ2n) is 3.65. The molecule has 0 fully saturated rings. The molecule has 0 atom stereocenters. The summed E-state index contributed by atoms with van der Waals surface area (Å²) in [5.41, 5.74) is 2.52. The Hall–Kier alpha value is -1.83. The van der Waals surface area contributed by atoms with Gasteiger partial charge in [-0.05, 0) is 24.6 Å². The van der Waals surface area contributed by atoms with Crippen molar-refractivity contribution >= 4 is 5.78 Å². The third-order valence-electron chi connectivity index (χ3n) is 2.57. The number of benzene rings is 1. The van der Waals surface area contributed by atoms with E-state index in [2.05, 4.69) is 0 Å². The molecule has 0 aliphatic heterocycles. The zero-order chi connectivity index (χ0) is 10.8. The van der Waals surface area contributed by atoms with Crippen LogP contribution in [0.3, 0.4) is 0 Å². The van der Waals surface area contributed by atoms with Crippen LogP contribution in [0.4, 0.5) is 0 Å². The van der Waals surface area contributed by atoms with Crippen LogP contribution in [0.1, 0.15) is 21.6 Å². The van der Waals surface area contributed by atoms with Crippen molar-refractivity contribution in [3.05, 3.63) is 59.4 Å². The molecule has 0 spiro atoms. The predicted molar refractivity (Wildman–Crippen MR) is 60.0 cm³/mol. The third kappa shape index (κ3) is 1.71. The molecule has 2 aromatic rings. The van der Waals surface area contributed by atoms with E-state index in [1.165, 1.54) is 0 Å². The summed E-state index contributed by atoms with van der Waals surface area (Å²) in [6.07, 6.45) is 1.88. The lowest BCUT2D eigenvalue weighted by molar-refractivity contribution is 0.103. The van der Waals surface area contributed by atoms with Crippen molar-refractivity contribution in [1.82, 2.24) is 4.57 Å². The second kappa shape index (κ2) is 3.73. The fraction of sp³-hybridized carbons (Fsp3) is 0.154. The Bertz CT molecular complexity index is 497. The van der Waals surface area contributed by atoms with Gasteiger partial charge in [-0.1, -0.05) is 24.3 Å². The van der Waals surface area contributed by atoms with Gasteiger partial charge < -0.3 is 4.57 Å². The molecule has 15 heavy (non-hydrogen) atoms. The Morgan fingerprint density at radius 2 is 1.87 bits per heavy atom. The Balaban J connectivity index is 2.46. The van der Waals surface area contributed by atoms with Crippen molar-refractivity contribution in [2.45, 2.75) is 6.92 Å². The SMILES string of the molecule is Cc1ccccc1C(=O)c1cccn1C. The zero-order valence-electron chi connectivity index (χ0n) is 8.90. The van der Waals surface area contributed by atoms with Gasteiger partial charge in [0, 0.05) is 18.8 Å². The maximum Gasteiger partial charge on any atom is 0.209 e. The van der Waals surface area contributed by atoms with Gasteiger partial charge in [0.05, 0.1) is 5.69 Å². The Labute approximate surface area is 89.2 Å². The number of aryl methyl sites for hydroxylation is 2. The highest BCUT2D eigenvalue weighted by Crippen LogP contribution is 2.13. The number of rotatable bonds is 2. The number of carbonyl (C=O) groups excluding carboxylic acids is 1. The molecule has 2 rings (SSSR count). The first-order valence-electron chi connectivity index (χ1n) is 4.92. The van der Waals surface area contributed by atoms with E-state index in [-0.39, 0.29) is 5.78 Å². The molecule has 1 aromatic heterocycles. The molecule has 0 aliphatic rings. The summed E-state index contributed by atoms with van der Waals surface area (Å²) in [5, 5.41) is 0. The summed E-state index contributed by atoms with van der Waals surface area (Å²) in [7, 11) is 1.88. The van der Waals surface area contributed by atoms with Gasteiger partial charge in [-0.3, -0.25) is 4.79 Å². The minimum atomic E-state index is 0.0839. The van der Waals surface area contributed by atoms with Gasteiger partial charge in [-0.25, -0.2) is 0 Å². The van der Waals surface area contributed by atoms with Crippen LogP contribution in [0.2, 0.25) is 0 Å². The van der Waals surface area contributed by atoms with E-state index < -0.39 is 0 Å². The zero-order valence-corrected chi connectivity index (χ0v) is 8.90. The number of hydrogen-bond donors (Lipinski definition) is 0. The van der Waals surface area contributed by atoms with Crippen LogP contribution in [0.15, 0.2) is 42.6 Å². The molecule has 2 nitrogen and oxygen atoms in total. The maximum atomic E-state index is 12.1. The van der Waals surface area contributed by atoms with Crippen molar-refractivity contribution < 1.29 is 4.79 Å². The smallest absolute Gasteiger partial charge is 0.209 e. The summed E-state index contributed by atoms with van der Waals surface area (Å²) in [4.78, 5) is 12.1. The fourth-order valence-electron chi connectivity index (χ4n) is 1.66. The molecule has 1 heterocycles. The number of hydrogen-bond acceptors (Lipinski definition) is 1. The first-order valence-corrected chi connectivity index (χ1v) is 4.92. The Morgan fingerprint density at radius 3 is 2.47 bits per heavy atom. The van der Waals surface area contributed by atoms with E-state index in [0.29, 0.717) is 0 Å². The minimum absolute atomic E-state index is 0.0839. The topological polar surface area (TPSA) is 22.0 Å². The highest BCUT2D eigenvalue weighted by molar-refractivity contribution is 6.08. The lowest BCUT2D eigenvalue weighted by Gasteiger charge is -2.05. The highest BCUT2D eigenvalue weighted by Gasteiger charge is 2.12. The molecule has 0 N–H and O–H groups in total. The molecule has 0 bridgehead atoms. The quantitative estimate of drug-likeness (QED) is 0.681. The van der Waals surface area contributed by atoms with Gasteiger partial charge in [0.15, 0.2) is 0 Å². The van der Waals surface area contributed by atoms with Crippen LogP contribution < -0.4 is 0 Å². The van der Waals surface area contributed by atoms with E-state index in [1.807, 2.05) is 61.1 Å². The molecule has 0 saturated carbocycles. The van der Waals surface area contributed by atoms with E-state index in [1.54, 1.807) is 0 Å². The number of ketones is 1. The van der Waals surface area contributed by atoms with Crippen LogP contribution in [0.25, 0.3) is 0 Å². The molecule has 0 amide bonds. The lowest BCUT2D eigenvalue weighted by Crippen LogP contribution is -2.08. The van der Waals surface area contributed by atoms with E-state index >= 15 is 0 Å². The fourth-order valence-corrected chi connectivity index (χ4v) is 1.66. The van der Waals surface area contributed by atoms with Crippen molar-refractivity contribution in [3.63, 3.8) is 0 Å². The van der Waals surface area contributed by atoms with E-state index in [4.69, 9.17) is 0 Å². The Kier molecular flexibility index (Phi) is 2.42. The molecular weight excluding hydrogens is 186 g/mol. The predicted octanol–water partition coefficient (Wildman–Crippen LogP) is 2.56. The monoisotopic (exact) mass is 199 g/mol. The van der Waals surface area contributed by atoms with Crippen LogP contribution in [-0.4, -0.2) is 10.4 Å². The molecule has 0 radical (unpaired) electrons. The first kappa shape index (κ1) is 9.71. The van der Waals surface area contributed by atoms with E-state index in [9.17, 15) is 4.79 Å². The van der Waals surface area contributed by atoms with Crippen molar-refractivity contribution in [3.8, 4) is 0 Å². The Morgan fingerprint density at radius 1 is 1.13 bits per heavy atom. The normalized spacial score (nSPS) is 10.3. The van der Waals surface area contributed by atoms with Crippen molar-refractivity contribution in [1.29, 1.82) is 0 Å². The average Bonchev–Trinajstić information content (AvgIpc) is 2.64. The third-order valence-corrected chi connectivity index (χ3v) is 2.57.